The molecule has 0 bridgehead atoms. The summed E-state index contributed by atoms with van der Waals surface area (Å²) in [6, 6.07) is 0.728. The van der Waals surface area contributed by atoms with Crippen LogP contribution in [0.15, 0.2) is 5.11 Å². The van der Waals surface area contributed by atoms with Crippen LogP contribution in [0.3, 0.4) is 0 Å². The van der Waals surface area contributed by atoms with Gasteiger partial charge < -0.3 is 9.80 Å². The number of likely N-dealkylation sites (tertiary alicyclic amines) is 1. The molecule has 14 heavy (non-hydrogen) atoms. The predicted octanol–water partition coefficient (Wildman–Crippen LogP) is 1.32. The van der Waals surface area contributed by atoms with Gasteiger partial charge in [0, 0.05) is 24.0 Å². The van der Waals surface area contributed by atoms with Crippen molar-refractivity contribution in [2.45, 2.75) is 18.9 Å². The second-order valence-corrected chi connectivity index (χ2v) is 3.99. The maximum atomic E-state index is 8.14. The maximum Gasteiger partial charge on any atom is 0.0385 e. The Kier molecular flexibility index (Phi) is 4.73. The molecule has 0 aliphatic carbocycles. The zero-order chi connectivity index (χ0) is 10.4. The molecule has 0 radical (unpaired) electrons. The molecule has 1 aliphatic rings. The average molecular weight is 197 g/mol. The lowest BCUT2D eigenvalue weighted by molar-refractivity contribution is 0.148. The van der Waals surface area contributed by atoms with Crippen molar-refractivity contribution in [2.24, 2.45) is 5.11 Å². The zero-order valence-electron chi connectivity index (χ0n) is 9.06. The Morgan fingerprint density at radius 2 is 2.07 bits per heavy atom. The number of rotatable bonds is 4. The van der Waals surface area contributed by atoms with Crippen molar-refractivity contribution in [3.63, 3.8) is 0 Å². The van der Waals surface area contributed by atoms with E-state index in [-0.39, 0.29) is 0 Å². The number of hydrogen-bond donors (Lipinski definition) is 0. The van der Waals surface area contributed by atoms with E-state index in [2.05, 4.69) is 33.9 Å². The molecule has 0 saturated carbocycles. The number of azide groups is 1. The van der Waals surface area contributed by atoms with Crippen molar-refractivity contribution in [2.75, 3.05) is 40.3 Å². The van der Waals surface area contributed by atoms with E-state index >= 15 is 0 Å². The summed E-state index contributed by atoms with van der Waals surface area (Å²) in [5.41, 5.74) is 8.14. The second kappa shape index (κ2) is 5.86. The summed E-state index contributed by atoms with van der Waals surface area (Å²) >= 11 is 0. The molecule has 1 heterocycles. The molecule has 1 aliphatic heterocycles. The van der Waals surface area contributed by atoms with E-state index in [1.165, 1.54) is 12.8 Å². The minimum atomic E-state index is 0.600. The molecule has 0 N–H and O–H groups in total. The molecule has 80 valence electrons. The van der Waals surface area contributed by atoms with E-state index in [4.69, 9.17) is 5.53 Å². The van der Waals surface area contributed by atoms with Gasteiger partial charge in [-0.2, -0.15) is 0 Å². The van der Waals surface area contributed by atoms with Crippen LogP contribution in [0.4, 0.5) is 0 Å². The van der Waals surface area contributed by atoms with E-state index in [1.54, 1.807) is 0 Å². The van der Waals surface area contributed by atoms with Gasteiger partial charge in [-0.05, 0) is 45.6 Å². The van der Waals surface area contributed by atoms with E-state index in [9.17, 15) is 0 Å². The zero-order valence-corrected chi connectivity index (χ0v) is 9.06. The molecule has 0 aromatic heterocycles. The molecule has 0 aromatic carbocycles. The molecule has 0 aromatic rings. The Hall–Kier alpha value is -0.770. The van der Waals surface area contributed by atoms with Crippen LogP contribution < -0.4 is 0 Å². The lowest BCUT2D eigenvalue weighted by Gasteiger charge is -2.34. The topological polar surface area (TPSA) is 55.2 Å². The highest BCUT2D eigenvalue weighted by molar-refractivity contribution is 4.76. The van der Waals surface area contributed by atoms with Gasteiger partial charge >= 0.3 is 0 Å². The van der Waals surface area contributed by atoms with Gasteiger partial charge in [-0.3, -0.25) is 0 Å². The Balaban J connectivity index is 2.18. The summed E-state index contributed by atoms with van der Waals surface area (Å²) < 4.78 is 0. The Morgan fingerprint density at radius 1 is 1.43 bits per heavy atom. The molecule has 5 heteroatoms. The molecule has 1 fully saturated rings. The molecule has 1 rings (SSSR count). The summed E-state index contributed by atoms with van der Waals surface area (Å²) in [5, 5.41) is 3.55. The van der Waals surface area contributed by atoms with Crippen LogP contribution >= 0.6 is 0 Å². The van der Waals surface area contributed by atoms with E-state index in [1.807, 2.05) is 0 Å². The predicted molar refractivity (Wildman–Crippen MR) is 57.2 cm³/mol. The van der Waals surface area contributed by atoms with Crippen LogP contribution in [0.25, 0.3) is 10.4 Å². The van der Waals surface area contributed by atoms with Gasteiger partial charge in [0.1, 0.15) is 0 Å². The smallest absolute Gasteiger partial charge is 0.0385 e. The summed E-state index contributed by atoms with van der Waals surface area (Å²) in [6.07, 6.45) is 2.45. The maximum absolute atomic E-state index is 8.14. The second-order valence-electron chi connectivity index (χ2n) is 3.99. The lowest BCUT2D eigenvalue weighted by atomic mass is 10.0. The Bertz CT molecular complexity index is 201. The quantitative estimate of drug-likeness (QED) is 0.388. The fraction of sp³-hybridized carbons (Fsp3) is 1.00. The molecule has 0 unspecified atom stereocenters. The van der Waals surface area contributed by atoms with Crippen molar-refractivity contribution in [3.8, 4) is 0 Å². The Morgan fingerprint density at radius 3 is 2.57 bits per heavy atom. The first kappa shape index (κ1) is 11.3. The fourth-order valence-electron chi connectivity index (χ4n) is 1.89. The SMILES string of the molecule is CN(C)C1CCN(CCN=[N+]=[N-])CC1. The average Bonchev–Trinajstić information content (AvgIpc) is 2.19. The van der Waals surface area contributed by atoms with E-state index in [0.717, 1.165) is 25.7 Å². The summed E-state index contributed by atoms with van der Waals surface area (Å²) in [7, 11) is 4.28. The molecule has 0 spiro atoms. The summed E-state index contributed by atoms with van der Waals surface area (Å²) in [6.45, 7) is 3.76. The normalized spacial score (nSPS) is 19.6. The largest absolute Gasteiger partial charge is 0.306 e. The van der Waals surface area contributed by atoms with Crippen LogP contribution in [-0.2, 0) is 0 Å². The molecular formula is C9H19N5. The lowest BCUT2D eigenvalue weighted by Crippen LogP contribution is -2.42. The third-order valence-corrected chi connectivity index (χ3v) is 2.87. The minimum Gasteiger partial charge on any atom is -0.306 e. The molecule has 1 saturated heterocycles. The van der Waals surface area contributed by atoms with Gasteiger partial charge in [0.25, 0.3) is 0 Å². The van der Waals surface area contributed by atoms with Crippen LogP contribution in [0.1, 0.15) is 12.8 Å². The number of piperidine rings is 1. The van der Waals surface area contributed by atoms with Gasteiger partial charge in [0.15, 0.2) is 0 Å². The van der Waals surface area contributed by atoms with Gasteiger partial charge in [-0.15, -0.1) is 0 Å². The summed E-state index contributed by atoms with van der Waals surface area (Å²) in [4.78, 5) is 7.42. The highest BCUT2D eigenvalue weighted by atomic mass is 15.2. The van der Waals surface area contributed by atoms with Gasteiger partial charge in [-0.1, -0.05) is 5.11 Å². The van der Waals surface area contributed by atoms with Crippen molar-refractivity contribution < 1.29 is 0 Å². The highest BCUT2D eigenvalue weighted by Crippen LogP contribution is 2.13. The molecule has 0 atom stereocenters. The fourth-order valence-corrected chi connectivity index (χ4v) is 1.89. The first-order chi connectivity index (χ1) is 6.74. The standard InChI is InChI=1S/C9H19N5/c1-13(2)9-3-6-14(7-4-9)8-5-11-12-10/h9H,3-8H2,1-2H3. The van der Waals surface area contributed by atoms with Gasteiger partial charge in [0.05, 0.1) is 0 Å². The van der Waals surface area contributed by atoms with Crippen LogP contribution in [0.2, 0.25) is 0 Å². The summed E-state index contributed by atoms with van der Waals surface area (Å²) in [5.74, 6) is 0. The third-order valence-electron chi connectivity index (χ3n) is 2.87. The Labute approximate surface area is 85.3 Å². The third kappa shape index (κ3) is 3.54. The highest BCUT2D eigenvalue weighted by Gasteiger charge is 2.19. The van der Waals surface area contributed by atoms with Gasteiger partial charge in [0.2, 0.25) is 0 Å². The van der Waals surface area contributed by atoms with Crippen LogP contribution in [-0.4, -0.2) is 56.1 Å². The molecular weight excluding hydrogens is 178 g/mol. The van der Waals surface area contributed by atoms with E-state index in [0.29, 0.717) is 6.54 Å². The van der Waals surface area contributed by atoms with Crippen LogP contribution in [0.5, 0.6) is 0 Å². The first-order valence-electron chi connectivity index (χ1n) is 5.13. The molecule has 5 nitrogen and oxygen atoms in total. The molecule has 0 amide bonds. The number of hydrogen-bond acceptors (Lipinski definition) is 3. The van der Waals surface area contributed by atoms with Crippen molar-refractivity contribution in [1.29, 1.82) is 0 Å². The monoisotopic (exact) mass is 197 g/mol. The van der Waals surface area contributed by atoms with Gasteiger partial charge in [-0.25, -0.2) is 0 Å². The minimum absolute atomic E-state index is 0.600. The van der Waals surface area contributed by atoms with Crippen molar-refractivity contribution in [3.05, 3.63) is 10.4 Å². The van der Waals surface area contributed by atoms with Crippen molar-refractivity contribution >= 4 is 0 Å². The van der Waals surface area contributed by atoms with Crippen molar-refractivity contribution in [1.82, 2.24) is 9.80 Å². The van der Waals surface area contributed by atoms with Crippen LogP contribution in [0, 0.1) is 0 Å². The first-order valence-corrected chi connectivity index (χ1v) is 5.13. The van der Waals surface area contributed by atoms with E-state index < -0.39 is 0 Å². The number of nitrogens with zero attached hydrogens (tertiary/aromatic N) is 5.